The second kappa shape index (κ2) is 6.08. The van der Waals surface area contributed by atoms with Gasteiger partial charge in [-0.25, -0.2) is 9.59 Å². The lowest BCUT2D eigenvalue weighted by atomic mass is 10.1. The first-order chi connectivity index (χ1) is 11.7. The van der Waals surface area contributed by atoms with Crippen molar-refractivity contribution in [2.75, 3.05) is 0 Å². The van der Waals surface area contributed by atoms with E-state index in [1.54, 1.807) is 0 Å². The molecule has 0 unspecified atom stereocenters. The van der Waals surface area contributed by atoms with E-state index in [-0.39, 0.29) is 5.57 Å². The van der Waals surface area contributed by atoms with Crippen molar-refractivity contribution in [3.63, 3.8) is 0 Å². The van der Waals surface area contributed by atoms with Crippen molar-refractivity contribution in [3.05, 3.63) is 57.9 Å². The molecule has 5 nitrogen and oxygen atoms in total. The highest BCUT2D eigenvalue weighted by atomic mass is 35.5. The maximum absolute atomic E-state index is 12.1. The van der Waals surface area contributed by atoms with Crippen molar-refractivity contribution >= 4 is 29.6 Å². The molecule has 0 saturated carbocycles. The van der Waals surface area contributed by atoms with E-state index < -0.39 is 17.7 Å². The van der Waals surface area contributed by atoms with Crippen LogP contribution >= 0.6 is 11.6 Å². The van der Waals surface area contributed by atoms with Crippen LogP contribution in [0.25, 0.3) is 11.8 Å². The van der Waals surface area contributed by atoms with Gasteiger partial charge in [0.25, 0.3) is 5.79 Å². The minimum atomic E-state index is -1.24. The molecular weight excluding hydrogens is 342 g/mol. The lowest BCUT2D eigenvalue weighted by Gasteiger charge is -2.29. The number of nitrogens with zero attached hydrogens (tertiary/aromatic N) is 1. The van der Waals surface area contributed by atoms with Gasteiger partial charge in [0.2, 0.25) is 0 Å². The van der Waals surface area contributed by atoms with Crippen LogP contribution in [0.4, 0.5) is 0 Å². The standard InChI is InChI=1S/C19H18ClNO4/c1-11-9-13(10-16-17(22)24-19(3,4)25-18(16)23)12(2)21(11)15-7-5-14(20)6-8-15/h5-10H,1-4H3. The second-order valence-electron chi connectivity index (χ2n) is 6.38. The summed E-state index contributed by atoms with van der Waals surface area (Å²) in [7, 11) is 0. The number of cyclic esters (lactones) is 2. The molecular formula is C19H18ClNO4. The van der Waals surface area contributed by atoms with E-state index in [1.807, 2.05) is 48.7 Å². The minimum Gasteiger partial charge on any atom is -0.419 e. The summed E-state index contributed by atoms with van der Waals surface area (Å²) in [5.74, 6) is -2.61. The van der Waals surface area contributed by atoms with Crippen molar-refractivity contribution in [3.8, 4) is 5.69 Å². The van der Waals surface area contributed by atoms with E-state index in [4.69, 9.17) is 21.1 Å². The number of aromatic nitrogens is 1. The highest BCUT2D eigenvalue weighted by molar-refractivity contribution is 6.30. The molecule has 0 aliphatic carbocycles. The molecule has 0 N–H and O–H groups in total. The topological polar surface area (TPSA) is 57.5 Å². The van der Waals surface area contributed by atoms with Crippen LogP contribution in [0.2, 0.25) is 5.02 Å². The first-order valence-corrected chi connectivity index (χ1v) is 8.19. The summed E-state index contributed by atoms with van der Waals surface area (Å²) in [6.07, 6.45) is 1.51. The average Bonchev–Trinajstić information content (AvgIpc) is 2.77. The van der Waals surface area contributed by atoms with Crippen molar-refractivity contribution in [1.29, 1.82) is 0 Å². The predicted octanol–water partition coefficient (Wildman–Crippen LogP) is 3.97. The number of ether oxygens (including phenoxy) is 2. The van der Waals surface area contributed by atoms with Crippen LogP contribution in [-0.2, 0) is 19.1 Å². The molecule has 1 saturated heterocycles. The van der Waals surface area contributed by atoms with Crippen LogP contribution < -0.4 is 0 Å². The maximum atomic E-state index is 12.1. The van der Waals surface area contributed by atoms with Gasteiger partial charge >= 0.3 is 11.9 Å². The molecule has 6 heteroatoms. The number of carbonyl (C=O) groups excluding carboxylic acids is 2. The van der Waals surface area contributed by atoms with Crippen LogP contribution in [0.1, 0.15) is 30.8 Å². The van der Waals surface area contributed by atoms with Crippen LogP contribution in [0.3, 0.4) is 0 Å². The van der Waals surface area contributed by atoms with Gasteiger partial charge in [0, 0.05) is 35.9 Å². The van der Waals surface area contributed by atoms with E-state index in [0.717, 1.165) is 22.6 Å². The second-order valence-corrected chi connectivity index (χ2v) is 6.81. The summed E-state index contributed by atoms with van der Waals surface area (Å²) in [6.45, 7) is 6.90. The van der Waals surface area contributed by atoms with Gasteiger partial charge in [-0.15, -0.1) is 0 Å². The highest BCUT2D eigenvalue weighted by Crippen LogP contribution is 2.27. The Morgan fingerprint density at radius 1 is 1.04 bits per heavy atom. The molecule has 0 spiro atoms. The Bertz CT molecular complexity index is 869. The van der Waals surface area contributed by atoms with Crippen molar-refractivity contribution < 1.29 is 19.1 Å². The number of hydrogen-bond donors (Lipinski definition) is 0. The molecule has 1 aliphatic rings. The van der Waals surface area contributed by atoms with E-state index in [0.29, 0.717) is 5.02 Å². The molecule has 0 radical (unpaired) electrons. The third kappa shape index (κ3) is 3.33. The van der Waals surface area contributed by atoms with Gasteiger partial charge in [0.15, 0.2) is 0 Å². The van der Waals surface area contributed by atoms with Crippen molar-refractivity contribution in [2.24, 2.45) is 0 Å². The van der Waals surface area contributed by atoms with Gasteiger partial charge < -0.3 is 14.0 Å². The fraction of sp³-hybridized carbons (Fsp3) is 0.263. The van der Waals surface area contributed by atoms with Crippen LogP contribution in [0.15, 0.2) is 35.9 Å². The quantitative estimate of drug-likeness (QED) is 0.462. The van der Waals surface area contributed by atoms with Crippen LogP contribution in [-0.4, -0.2) is 22.3 Å². The fourth-order valence-electron chi connectivity index (χ4n) is 2.86. The summed E-state index contributed by atoms with van der Waals surface area (Å²) in [5.41, 5.74) is 3.42. The Morgan fingerprint density at radius 3 is 2.16 bits per heavy atom. The number of halogens is 1. The van der Waals surface area contributed by atoms with Gasteiger partial charge in [0.05, 0.1) is 0 Å². The fourth-order valence-corrected chi connectivity index (χ4v) is 2.98. The van der Waals surface area contributed by atoms with Gasteiger partial charge in [0.1, 0.15) is 5.57 Å². The molecule has 130 valence electrons. The van der Waals surface area contributed by atoms with E-state index in [9.17, 15) is 9.59 Å². The normalized spacial score (nSPS) is 16.4. The molecule has 2 aromatic rings. The highest BCUT2D eigenvalue weighted by Gasteiger charge is 2.39. The Labute approximate surface area is 150 Å². The molecule has 1 aromatic carbocycles. The SMILES string of the molecule is Cc1cc(C=C2C(=O)OC(C)(C)OC2=O)c(C)n1-c1ccc(Cl)cc1. The lowest BCUT2D eigenvalue weighted by Crippen LogP contribution is -2.41. The Morgan fingerprint density at radius 2 is 1.60 bits per heavy atom. The molecule has 25 heavy (non-hydrogen) atoms. The number of esters is 2. The summed E-state index contributed by atoms with van der Waals surface area (Å²) in [6, 6.07) is 9.34. The van der Waals surface area contributed by atoms with E-state index in [1.165, 1.54) is 19.9 Å². The van der Waals surface area contributed by atoms with E-state index in [2.05, 4.69) is 0 Å². The number of carbonyl (C=O) groups is 2. The summed E-state index contributed by atoms with van der Waals surface area (Å²) >= 11 is 5.95. The zero-order chi connectivity index (χ0) is 18.4. The number of hydrogen-bond acceptors (Lipinski definition) is 4. The van der Waals surface area contributed by atoms with Gasteiger partial charge in [-0.2, -0.15) is 0 Å². The first kappa shape index (κ1) is 17.3. The predicted molar refractivity (Wildman–Crippen MR) is 94.5 cm³/mol. The molecule has 0 bridgehead atoms. The van der Waals surface area contributed by atoms with E-state index >= 15 is 0 Å². The molecule has 0 amide bonds. The Kier molecular flexibility index (Phi) is 4.21. The Hall–Kier alpha value is -2.53. The first-order valence-electron chi connectivity index (χ1n) is 7.81. The summed E-state index contributed by atoms with van der Waals surface area (Å²) in [5, 5.41) is 0.656. The van der Waals surface area contributed by atoms with Gasteiger partial charge in [-0.05, 0) is 55.8 Å². The molecule has 1 aliphatic heterocycles. The maximum Gasteiger partial charge on any atom is 0.348 e. The monoisotopic (exact) mass is 359 g/mol. The Balaban J connectivity index is 2.02. The number of rotatable bonds is 2. The van der Waals surface area contributed by atoms with Crippen molar-refractivity contribution in [1.82, 2.24) is 4.57 Å². The zero-order valence-corrected chi connectivity index (χ0v) is 15.2. The van der Waals surface area contributed by atoms with Gasteiger partial charge in [-0.1, -0.05) is 11.6 Å². The third-order valence-electron chi connectivity index (χ3n) is 3.97. The van der Waals surface area contributed by atoms with Gasteiger partial charge in [-0.3, -0.25) is 0 Å². The number of aryl methyl sites for hydroxylation is 1. The third-order valence-corrected chi connectivity index (χ3v) is 4.22. The lowest BCUT2D eigenvalue weighted by molar-refractivity contribution is -0.222. The molecule has 0 atom stereocenters. The summed E-state index contributed by atoms with van der Waals surface area (Å²) in [4.78, 5) is 24.2. The molecule has 1 fully saturated rings. The smallest absolute Gasteiger partial charge is 0.348 e. The molecule has 1 aromatic heterocycles. The minimum absolute atomic E-state index is 0.115. The largest absolute Gasteiger partial charge is 0.419 e. The van der Waals surface area contributed by atoms with Crippen molar-refractivity contribution in [2.45, 2.75) is 33.5 Å². The molecule has 2 heterocycles. The number of benzene rings is 1. The van der Waals surface area contributed by atoms with Crippen LogP contribution in [0, 0.1) is 13.8 Å². The van der Waals surface area contributed by atoms with Crippen LogP contribution in [0.5, 0.6) is 0 Å². The molecule has 3 rings (SSSR count). The average molecular weight is 360 g/mol. The summed E-state index contributed by atoms with van der Waals surface area (Å²) < 4.78 is 12.3. The zero-order valence-electron chi connectivity index (χ0n) is 14.4.